The Morgan fingerprint density at radius 3 is 2.56 bits per heavy atom. The van der Waals surface area contributed by atoms with Gasteiger partial charge in [0.25, 0.3) is 0 Å². The number of methoxy groups -OCH3 is 2. The van der Waals surface area contributed by atoms with Crippen LogP contribution < -0.4 is 9.47 Å². The monoisotopic (exact) mass is 365 g/mol. The summed E-state index contributed by atoms with van der Waals surface area (Å²) in [6.45, 7) is 3.54. The van der Waals surface area contributed by atoms with Crippen molar-refractivity contribution in [2.24, 2.45) is 0 Å². The first kappa shape index (κ1) is 18.1. The molecule has 1 atom stereocenters. The van der Waals surface area contributed by atoms with Crippen LogP contribution >= 0.6 is 0 Å². The van der Waals surface area contributed by atoms with E-state index in [4.69, 9.17) is 14.2 Å². The lowest BCUT2D eigenvalue weighted by Gasteiger charge is -2.39. The molecular weight excluding hydrogens is 338 g/mol. The first-order valence-corrected chi connectivity index (χ1v) is 9.59. The summed E-state index contributed by atoms with van der Waals surface area (Å²) in [6, 6.07) is 15.2. The van der Waals surface area contributed by atoms with E-state index in [1.807, 2.05) is 0 Å². The minimum Gasteiger partial charge on any atom is -0.493 e. The molecule has 0 bridgehead atoms. The van der Waals surface area contributed by atoms with Gasteiger partial charge in [-0.05, 0) is 47.2 Å². The predicted octanol–water partition coefficient (Wildman–Crippen LogP) is 4.00. The first-order chi connectivity index (χ1) is 13.3. The molecule has 4 nitrogen and oxygen atoms in total. The van der Waals surface area contributed by atoms with Crippen LogP contribution in [0.3, 0.4) is 0 Å². The van der Waals surface area contributed by atoms with E-state index in [2.05, 4.69) is 53.4 Å². The maximum absolute atomic E-state index is 5.67. The average molecular weight is 365 g/mol. The molecule has 0 saturated carbocycles. The summed E-state index contributed by atoms with van der Waals surface area (Å²) < 4.78 is 16.8. The average Bonchev–Trinajstić information content (AvgIpc) is 2.74. The maximum atomic E-state index is 5.67. The van der Waals surface area contributed by atoms with Crippen LogP contribution in [0, 0.1) is 0 Å². The molecule has 142 valence electrons. The van der Waals surface area contributed by atoms with Gasteiger partial charge in [-0.1, -0.05) is 36.4 Å². The number of hydrogen-bond acceptors (Lipinski definition) is 4. The highest BCUT2D eigenvalue weighted by Gasteiger charge is 2.30. The Kier molecular flexibility index (Phi) is 5.46. The third-order valence-corrected chi connectivity index (χ3v) is 5.48. The number of rotatable bonds is 5. The summed E-state index contributed by atoms with van der Waals surface area (Å²) in [5.41, 5.74) is 5.34. The maximum Gasteiger partial charge on any atom is 0.161 e. The van der Waals surface area contributed by atoms with Gasteiger partial charge in [-0.15, -0.1) is 0 Å². The van der Waals surface area contributed by atoms with Gasteiger partial charge in [0.05, 0.1) is 33.5 Å². The number of nitrogens with zero attached hydrogens (tertiary/aromatic N) is 1. The van der Waals surface area contributed by atoms with Crippen molar-refractivity contribution in [2.75, 3.05) is 40.5 Å². The summed E-state index contributed by atoms with van der Waals surface area (Å²) in [5, 5.41) is 0. The Morgan fingerprint density at radius 2 is 1.85 bits per heavy atom. The standard InChI is InChI=1S/C23H27NO3/c1-25-21-13-19-10-11-24(15-17-7-6-12-27-16-17)23(18-8-4-3-5-9-18)20(19)14-22(21)26-2/h3-5,7-9,13-14,23H,6,10-12,15-16H2,1-2H3/t23-/m0/s1. The lowest BCUT2D eigenvalue weighted by atomic mass is 9.87. The molecule has 0 spiro atoms. The zero-order valence-electron chi connectivity index (χ0n) is 16.1. The molecule has 0 amide bonds. The lowest BCUT2D eigenvalue weighted by Crippen LogP contribution is -2.38. The van der Waals surface area contributed by atoms with Gasteiger partial charge in [0.1, 0.15) is 0 Å². The second-order valence-corrected chi connectivity index (χ2v) is 7.14. The zero-order valence-corrected chi connectivity index (χ0v) is 16.1. The molecule has 2 aliphatic rings. The molecule has 0 unspecified atom stereocenters. The molecule has 4 heteroatoms. The van der Waals surface area contributed by atoms with E-state index in [0.29, 0.717) is 0 Å². The van der Waals surface area contributed by atoms with Crippen molar-refractivity contribution < 1.29 is 14.2 Å². The second-order valence-electron chi connectivity index (χ2n) is 7.14. The molecule has 0 aromatic heterocycles. The van der Waals surface area contributed by atoms with Gasteiger partial charge in [-0.25, -0.2) is 0 Å². The van der Waals surface area contributed by atoms with Crippen molar-refractivity contribution in [1.82, 2.24) is 4.90 Å². The SMILES string of the molecule is COc1cc2c(cc1OC)[C@H](c1ccccc1)N(CC1=CCCOC1)CC2. The van der Waals surface area contributed by atoms with E-state index in [1.54, 1.807) is 14.2 Å². The summed E-state index contributed by atoms with van der Waals surface area (Å²) >= 11 is 0. The molecule has 2 aliphatic heterocycles. The fourth-order valence-corrected chi connectivity index (χ4v) is 4.17. The minimum atomic E-state index is 0.206. The van der Waals surface area contributed by atoms with Crippen molar-refractivity contribution in [3.05, 3.63) is 70.8 Å². The van der Waals surface area contributed by atoms with E-state index in [0.717, 1.165) is 50.6 Å². The largest absolute Gasteiger partial charge is 0.493 e. The van der Waals surface area contributed by atoms with Crippen LogP contribution in [0.4, 0.5) is 0 Å². The van der Waals surface area contributed by atoms with E-state index in [-0.39, 0.29) is 6.04 Å². The third kappa shape index (κ3) is 3.73. The highest BCUT2D eigenvalue weighted by Crippen LogP contribution is 2.41. The van der Waals surface area contributed by atoms with Crippen molar-refractivity contribution in [3.8, 4) is 11.5 Å². The third-order valence-electron chi connectivity index (χ3n) is 5.48. The van der Waals surface area contributed by atoms with E-state index >= 15 is 0 Å². The number of fused-ring (bicyclic) bond motifs is 1. The van der Waals surface area contributed by atoms with Gasteiger partial charge in [0, 0.05) is 13.1 Å². The van der Waals surface area contributed by atoms with Crippen LogP contribution in [0.1, 0.15) is 29.2 Å². The quantitative estimate of drug-likeness (QED) is 0.750. The Labute approximate surface area is 161 Å². The van der Waals surface area contributed by atoms with Gasteiger partial charge in [-0.2, -0.15) is 0 Å². The number of benzene rings is 2. The Morgan fingerprint density at radius 1 is 1.07 bits per heavy atom. The van der Waals surface area contributed by atoms with Gasteiger partial charge < -0.3 is 14.2 Å². The molecule has 2 aromatic rings. The van der Waals surface area contributed by atoms with Gasteiger partial charge in [0.15, 0.2) is 11.5 Å². The molecule has 0 N–H and O–H groups in total. The van der Waals surface area contributed by atoms with Crippen LogP contribution in [0.25, 0.3) is 0 Å². The summed E-state index contributed by atoms with van der Waals surface area (Å²) in [4.78, 5) is 2.56. The van der Waals surface area contributed by atoms with Crippen molar-refractivity contribution >= 4 is 0 Å². The summed E-state index contributed by atoms with van der Waals surface area (Å²) in [5.74, 6) is 1.60. The summed E-state index contributed by atoms with van der Waals surface area (Å²) in [6.07, 6.45) is 4.36. The zero-order chi connectivity index (χ0) is 18.6. The van der Waals surface area contributed by atoms with Crippen LogP contribution in [-0.2, 0) is 11.2 Å². The fraction of sp³-hybridized carbons (Fsp3) is 0.391. The van der Waals surface area contributed by atoms with Gasteiger partial charge in [-0.3, -0.25) is 4.90 Å². The molecule has 2 heterocycles. The molecule has 0 aliphatic carbocycles. The molecular formula is C23H27NO3. The Hall–Kier alpha value is -2.30. The van der Waals surface area contributed by atoms with Crippen molar-refractivity contribution in [2.45, 2.75) is 18.9 Å². The number of hydrogen-bond donors (Lipinski definition) is 0. The highest BCUT2D eigenvalue weighted by molar-refractivity contribution is 5.51. The lowest BCUT2D eigenvalue weighted by molar-refractivity contribution is 0.136. The Bertz CT molecular complexity index is 816. The number of ether oxygens (including phenoxy) is 3. The summed E-state index contributed by atoms with van der Waals surface area (Å²) in [7, 11) is 3.40. The van der Waals surface area contributed by atoms with Gasteiger partial charge >= 0.3 is 0 Å². The van der Waals surface area contributed by atoms with Crippen LogP contribution in [0.5, 0.6) is 11.5 Å². The normalized spacial score (nSPS) is 19.9. The van der Waals surface area contributed by atoms with Crippen LogP contribution in [0.15, 0.2) is 54.1 Å². The molecule has 0 saturated heterocycles. The molecule has 27 heavy (non-hydrogen) atoms. The van der Waals surface area contributed by atoms with Crippen molar-refractivity contribution in [3.63, 3.8) is 0 Å². The minimum absolute atomic E-state index is 0.206. The van der Waals surface area contributed by atoms with E-state index in [9.17, 15) is 0 Å². The molecule has 0 radical (unpaired) electrons. The molecule has 4 rings (SSSR count). The predicted molar refractivity (Wildman–Crippen MR) is 107 cm³/mol. The topological polar surface area (TPSA) is 30.9 Å². The smallest absolute Gasteiger partial charge is 0.161 e. The van der Waals surface area contributed by atoms with Crippen LogP contribution in [-0.4, -0.2) is 45.4 Å². The van der Waals surface area contributed by atoms with Crippen LogP contribution in [0.2, 0.25) is 0 Å². The molecule has 0 fully saturated rings. The fourth-order valence-electron chi connectivity index (χ4n) is 4.17. The highest BCUT2D eigenvalue weighted by atomic mass is 16.5. The molecule has 2 aromatic carbocycles. The van der Waals surface area contributed by atoms with Gasteiger partial charge in [0.2, 0.25) is 0 Å². The van der Waals surface area contributed by atoms with Crippen molar-refractivity contribution in [1.29, 1.82) is 0 Å². The Balaban J connectivity index is 1.75. The second kappa shape index (κ2) is 8.15. The van der Waals surface area contributed by atoms with E-state index in [1.165, 1.54) is 22.3 Å². The van der Waals surface area contributed by atoms with E-state index < -0.39 is 0 Å². The first-order valence-electron chi connectivity index (χ1n) is 9.59.